The SMILES string of the molecule is COc1c(N2CCNC(C)C2)c(F)cc2c(=O)c(C(=O)OCOC(=O)N3CCCC4CN(c5c(F)cc6c(=O)c(C(=O)OCOC(=O)CCC(=O)OCC(=O)[C@@]7(O)CCC8C9CCC%10=CC(=O)C=C[C@]%10(C)C9[C@@H](O)C[C@@]87C)cn(C7CC7)c6c5OC)CC43)cn(C3CC3)c12. The monoisotopic (exact) mass is 1300 g/mol. The minimum atomic E-state index is -1.89. The maximum Gasteiger partial charge on any atom is 0.412 e. The first-order chi connectivity index (χ1) is 45.0. The quantitative estimate of drug-likeness (QED) is 0.0545. The number of likely N-dealkylation sites (tertiary alicyclic amines) is 1. The smallest absolute Gasteiger partial charge is 0.412 e. The molecule has 3 saturated heterocycles. The zero-order chi connectivity index (χ0) is 66.4. The Balaban J connectivity index is 0.615. The fourth-order valence-electron chi connectivity index (χ4n) is 17.1. The number of ketones is 2. The highest BCUT2D eigenvalue weighted by molar-refractivity contribution is 6.02. The molecule has 5 saturated carbocycles. The lowest BCUT2D eigenvalue weighted by atomic mass is 9.46. The van der Waals surface area contributed by atoms with Crippen LogP contribution in [0.5, 0.6) is 11.5 Å². The van der Waals surface area contributed by atoms with Crippen LogP contribution in [0.3, 0.4) is 0 Å². The zero-order valence-electron chi connectivity index (χ0n) is 53.2. The molecule has 0 spiro atoms. The van der Waals surface area contributed by atoms with Gasteiger partial charge < -0.3 is 72.5 Å². The number of aromatic nitrogens is 2. The number of pyridine rings is 2. The number of amides is 1. The summed E-state index contributed by atoms with van der Waals surface area (Å²) in [5.41, 5.74) is -4.14. The van der Waals surface area contributed by atoms with Crippen molar-refractivity contribution in [1.29, 1.82) is 0 Å². The predicted octanol–water partition coefficient (Wildman–Crippen LogP) is 6.49. The van der Waals surface area contributed by atoms with Gasteiger partial charge in [-0.1, -0.05) is 25.5 Å². The fraction of sp³-hybridized carbons (Fsp3) is 0.574. The van der Waals surface area contributed by atoms with Crippen LogP contribution in [0.4, 0.5) is 25.0 Å². The Labute approximate surface area is 539 Å². The van der Waals surface area contributed by atoms with Gasteiger partial charge in [-0.3, -0.25) is 28.8 Å². The van der Waals surface area contributed by atoms with Crippen molar-refractivity contribution in [3.63, 3.8) is 0 Å². The summed E-state index contributed by atoms with van der Waals surface area (Å²) in [6.45, 7) is 5.56. The molecular formula is C68H78F2N6O18. The van der Waals surface area contributed by atoms with Gasteiger partial charge in [-0.25, -0.2) is 23.2 Å². The van der Waals surface area contributed by atoms with E-state index in [1.54, 1.807) is 27.0 Å². The van der Waals surface area contributed by atoms with Gasteiger partial charge in [0, 0.05) is 86.5 Å². The first-order valence-corrected chi connectivity index (χ1v) is 32.6. The van der Waals surface area contributed by atoms with E-state index in [1.165, 1.54) is 37.6 Å². The number of piperazine rings is 1. The number of ether oxygens (including phenoxy) is 7. The molecule has 3 aliphatic heterocycles. The second kappa shape index (κ2) is 24.8. The average molecular weight is 1310 g/mol. The maximum absolute atomic E-state index is 16.8. The van der Waals surface area contributed by atoms with E-state index < -0.39 is 125 Å². The highest BCUT2D eigenvalue weighted by Crippen LogP contribution is 2.67. The first kappa shape index (κ1) is 64.5. The number of methoxy groups -OCH3 is 2. The second-order valence-corrected chi connectivity index (χ2v) is 27.4. The molecule has 3 N–H and O–H groups in total. The Morgan fingerprint density at radius 1 is 0.723 bits per heavy atom. The van der Waals surface area contributed by atoms with Crippen LogP contribution in [-0.2, 0) is 42.9 Å². The number of benzene rings is 2. The minimum absolute atomic E-state index is 0.0171. The summed E-state index contributed by atoms with van der Waals surface area (Å²) in [5, 5.41) is 26.9. The Hall–Kier alpha value is -8.23. The number of nitrogens with one attached hydrogen (secondary N) is 1. The number of anilines is 2. The molecule has 94 heavy (non-hydrogen) atoms. The Kier molecular flexibility index (Phi) is 17.0. The Morgan fingerprint density at radius 2 is 1.32 bits per heavy atom. The van der Waals surface area contributed by atoms with Crippen molar-refractivity contribution >= 4 is 74.7 Å². The molecule has 502 valence electrons. The number of hydrogen-bond acceptors (Lipinski definition) is 21. The number of fused-ring (bicyclic) bond motifs is 8. The van der Waals surface area contributed by atoms with Gasteiger partial charge in [-0.2, -0.15) is 0 Å². The lowest BCUT2D eigenvalue weighted by Gasteiger charge is -2.59. The zero-order valence-corrected chi connectivity index (χ0v) is 53.2. The second-order valence-electron chi connectivity index (χ2n) is 27.4. The van der Waals surface area contributed by atoms with Crippen LogP contribution in [0.15, 0.2) is 57.9 Å². The molecule has 13 rings (SSSR count). The van der Waals surface area contributed by atoms with E-state index in [2.05, 4.69) is 5.32 Å². The molecule has 10 atom stereocenters. The van der Waals surface area contributed by atoms with Gasteiger partial charge in [0.25, 0.3) is 0 Å². The van der Waals surface area contributed by atoms with Gasteiger partial charge in [0.1, 0.15) is 28.1 Å². The van der Waals surface area contributed by atoms with Crippen molar-refractivity contribution in [1.82, 2.24) is 19.4 Å². The number of aliphatic hydroxyl groups excluding tert-OH is 1. The Bertz CT molecular complexity index is 4030. The largest absolute Gasteiger partial charge is 0.492 e. The van der Waals surface area contributed by atoms with Crippen LogP contribution >= 0.6 is 0 Å². The summed E-state index contributed by atoms with van der Waals surface area (Å²) < 4.78 is 74.5. The number of aliphatic hydroxyl groups is 2. The Morgan fingerprint density at radius 3 is 1.91 bits per heavy atom. The van der Waals surface area contributed by atoms with Crippen molar-refractivity contribution in [2.24, 2.45) is 34.5 Å². The van der Waals surface area contributed by atoms with Crippen LogP contribution in [0, 0.1) is 46.1 Å². The van der Waals surface area contributed by atoms with Gasteiger partial charge in [0.05, 0.1) is 61.0 Å². The number of nitrogens with zero attached hydrogens (tertiary/aromatic N) is 5. The fourth-order valence-corrected chi connectivity index (χ4v) is 17.1. The van der Waals surface area contributed by atoms with E-state index in [9.17, 15) is 53.4 Å². The molecule has 1 amide bonds. The van der Waals surface area contributed by atoms with Crippen LogP contribution < -0.4 is 35.4 Å². The molecule has 8 fully saturated rings. The molecule has 6 aliphatic carbocycles. The third-order valence-corrected chi connectivity index (χ3v) is 21.9. The molecule has 6 unspecified atom stereocenters. The van der Waals surface area contributed by atoms with Gasteiger partial charge >= 0.3 is 30.0 Å². The lowest BCUT2D eigenvalue weighted by molar-refractivity contribution is -0.181. The number of carbonyl (C=O) groups is 7. The average Bonchev–Trinajstić information content (AvgIpc) is 1.45. The number of piperidine rings is 1. The minimum Gasteiger partial charge on any atom is -0.492 e. The van der Waals surface area contributed by atoms with Crippen molar-refractivity contribution in [3.8, 4) is 11.5 Å². The van der Waals surface area contributed by atoms with Crippen molar-refractivity contribution in [3.05, 3.63) is 91.5 Å². The first-order valence-electron chi connectivity index (χ1n) is 32.6. The van der Waals surface area contributed by atoms with E-state index in [4.69, 9.17) is 33.2 Å². The summed E-state index contributed by atoms with van der Waals surface area (Å²) in [4.78, 5) is 126. The van der Waals surface area contributed by atoms with Crippen LogP contribution in [0.2, 0.25) is 0 Å². The highest BCUT2D eigenvalue weighted by atomic mass is 19.1. The van der Waals surface area contributed by atoms with Gasteiger partial charge in [0.2, 0.25) is 30.2 Å². The molecular weight excluding hydrogens is 1230 g/mol. The molecule has 0 bridgehead atoms. The molecule has 0 radical (unpaired) electrons. The van der Waals surface area contributed by atoms with Gasteiger partial charge in [0.15, 0.2) is 35.5 Å². The summed E-state index contributed by atoms with van der Waals surface area (Å²) in [6, 6.07) is 1.43. The number of rotatable bonds is 18. The standard InChI is InChI=1S/C68H78F2N6O18/c1-35-27-72(22-20-71-35)57-47(69)24-42-55(61(57)88-4)75(38-9-10-38)30-45(59(42)82)64(85)93-34-94-65(86)74-21-6-7-36-28-73(31-49(36)74)58-48(70)25-43-56(62(58)89-5)76(39-11-12-39)29-44(60(43)83)63(84)92-33-91-53(81)15-14-52(80)90-32-51(79)68(87)19-17-46-41-13-8-37-23-40(77)16-18-66(37,2)54(41)50(78)26-67(46,68)3/h16,18,23-25,29-30,35-36,38-39,41,46,49-50,54,71,78,87H,6-15,17,19-22,26-28,31-34H2,1-5H3/t35?,36?,41?,46?,49?,50-,54?,66-,67-,68-/m0/s1. The van der Waals surface area contributed by atoms with E-state index >= 15 is 8.78 Å². The molecule has 2 aromatic carbocycles. The van der Waals surface area contributed by atoms with Crippen molar-refractivity contribution < 1.29 is 85.7 Å². The predicted molar refractivity (Wildman–Crippen MR) is 332 cm³/mol. The van der Waals surface area contributed by atoms with Gasteiger partial charge in [-0.15, -0.1) is 0 Å². The molecule has 26 heteroatoms. The number of allylic oxidation sites excluding steroid dienone is 4. The van der Waals surface area contributed by atoms with Crippen LogP contribution in [0.25, 0.3) is 21.8 Å². The van der Waals surface area contributed by atoms with Crippen molar-refractivity contribution in [2.45, 2.75) is 140 Å². The van der Waals surface area contributed by atoms with E-state index in [0.717, 1.165) is 30.5 Å². The molecule has 2 aromatic heterocycles. The van der Waals surface area contributed by atoms with Crippen molar-refractivity contribution in [2.75, 3.05) is 83.5 Å². The third kappa shape index (κ3) is 11.2. The van der Waals surface area contributed by atoms with E-state index in [-0.39, 0.29) is 125 Å². The van der Waals surface area contributed by atoms with E-state index in [0.29, 0.717) is 70.1 Å². The normalized spacial score (nSPS) is 28.6. The number of Topliss-reactive ketones (excluding diaryl/α,β-unsaturated/α-hetero) is 1. The van der Waals surface area contributed by atoms with Crippen LogP contribution in [0.1, 0.15) is 137 Å². The summed E-state index contributed by atoms with van der Waals surface area (Å²) in [6.07, 6.45) is 11.2. The highest BCUT2D eigenvalue weighted by Gasteiger charge is 2.68. The maximum atomic E-state index is 16.8. The van der Waals surface area contributed by atoms with E-state index in [1.807, 2.05) is 24.8 Å². The van der Waals surface area contributed by atoms with Gasteiger partial charge in [-0.05, 0) is 120 Å². The summed E-state index contributed by atoms with van der Waals surface area (Å²) in [7, 11) is 2.75. The number of halogens is 2. The third-order valence-electron chi connectivity index (χ3n) is 21.9. The molecule has 5 heterocycles. The molecule has 9 aliphatic rings. The number of esters is 4. The topological polar surface area (TPSA) is 290 Å². The molecule has 24 nitrogen and oxygen atoms in total. The summed E-state index contributed by atoms with van der Waals surface area (Å²) >= 11 is 0. The van der Waals surface area contributed by atoms with Crippen LogP contribution in [-0.4, -0.2) is 163 Å². The summed E-state index contributed by atoms with van der Waals surface area (Å²) in [5.74, 6) is -6.81. The number of hydrogen-bond donors (Lipinski definition) is 3. The number of carbonyl (C=O) groups excluding carboxylic acids is 7. The lowest BCUT2D eigenvalue weighted by Crippen LogP contribution is -2.61. The molecule has 4 aromatic rings.